The third-order valence-corrected chi connectivity index (χ3v) is 6.46. The van der Waals surface area contributed by atoms with Gasteiger partial charge in [-0.1, -0.05) is 28.1 Å². The number of anilines is 2. The number of benzene rings is 3. The first-order chi connectivity index (χ1) is 16.2. The number of hydrogen-bond donors (Lipinski definition) is 1. The number of nitrogens with one attached hydrogen (secondary N) is 1. The molecular formula is C27H22BrN5. The SMILES string of the molecule is Cc1ncccc1Nc1cc2nc3ccccc3n(-c3ccc(Br)cc3)c-2cc1=NC1CC1. The van der Waals surface area contributed by atoms with Crippen molar-refractivity contribution in [1.82, 2.24) is 14.5 Å². The maximum Gasteiger partial charge on any atom is 0.0900 e. The highest BCUT2D eigenvalue weighted by Gasteiger charge is 2.22. The summed E-state index contributed by atoms with van der Waals surface area (Å²) < 4.78 is 3.33. The van der Waals surface area contributed by atoms with Gasteiger partial charge in [0, 0.05) is 16.4 Å². The fourth-order valence-corrected chi connectivity index (χ4v) is 4.34. The van der Waals surface area contributed by atoms with Gasteiger partial charge in [-0.05, 0) is 80.4 Å². The Labute approximate surface area is 200 Å². The van der Waals surface area contributed by atoms with E-state index in [1.165, 1.54) is 0 Å². The lowest BCUT2D eigenvalue weighted by Crippen LogP contribution is -2.16. The van der Waals surface area contributed by atoms with Gasteiger partial charge in [0.2, 0.25) is 0 Å². The maximum absolute atomic E-state index is 5.04. The number of nitrogens with zero attached hydrogens (tertiary/aromatic N) is 4. The molecule has 0 saturated heterocycles. The van der Waals surface area contributed by atoms with E-state index in [1.807, 2.05) is 31.3 Å². The molecule has 2 heterocycles. The number of pyridine rings is 1. The standard InChI is InChI=1S/C27H22BrN5/c1-17-21(6-4-14-29-17)31-23-15-25-27(16-24(23)30-19-10-11-19)33(20-12-8-18(28)9-13-20)26-7-3-2-5-22(26)32-25/h2-9,12-16,19,31H,10-11H2,1H3. The Kier molecular flexibility index (Phi) is 4.95. The molecule has 1 saturated carbocycles. The molecule has 33 heavy (non-hydrogen) atoms. The van der Waals surface area contributed by atoms with Crippen molar-refractivity contribution in [3.63, 3.8) is 0 Å². The van der Waals surface area contributed by atoms with Gasteiger partial charge >= 0.3 is 0 Å². The summed E-state index contributed by atoms with van der Waals surface area (Å²) in [5, 5.41) is 4.52. The van der Waals surface area contributed by atoms with Crippen LogP contribution in [-0.2, 0) is 0 Å². The van der Waals surface area contributed by atoms with Gasteiger partial charge in [0.1, 0.15) is 0 Å². The van der Waals surface area contributed by atoms with E-state index >= 15 is 0 Å². The largest absolute Gasteiger partial charge is 0.352 e. The first kappa shape index (κ1) is 20.1. The molecule has 3 aromatic rings. The van der Waals surface area contributed by atoms with Crippen molar-refractivity contribution in [3.05, 3.63) is 94.5 Å². The predicted octanol–water partition coefficient (Wildman–Crippen LogP) is 6.40. The molecule has 0 atom stereocenters. The van der Waals surface area contributed by atoms with E-state index in [-0.39, 0.29) is 0 Å². The van der Waals surface area contributed by atoms with Crippen LogP contribution >= 0.6 is 15.9 Å². The van der Waals surface area contributed by atoms with Crippen molar-refractivity contribution >= 4 is 38.3 Å². The topological polar surface area (TPSA) is 55.1 Å². The number of hydrogen-bond acceptors (Lipinski definition) is 4. The van der Waals surface area contributed by atoms with Crippen LogP contribution in [-0.4, -0.2) is 20.6 Å². The number of aromatic nitrogens is 3. The highest BCUT2D eigenvalue weighted by atomic mass is 79.9. The van der Waals surface area contributed by atoms with Crippen LogP contribution in [0, 0.1) is 6.92 Å². The monoisotopic (exact) mass is 495 g/mol. The fourth-order valence-electron chi connectivity index (χ4n) is 4.08. The van der Waals surface area contributed by atoms with Gasteiger partial charge in [-0.15, -0.1) is 0 Å². The molecule has 2 aliphatic carbocycles. The van der Waals surface area contributed by atoms with Crippen LogP contribution in [0.3, 0.4) is 0 Å². The van der Waals surface area contributed by atoms with E-state index < -0.39 is 0 Å². The zero-order valence-electron chi connectivity index (χ0n) is 18.2. The van der Waals surface area contributed by atoms with E-state index in [2.05, 4.69) is 85.4 Å². The van der Waals surface area contributed by atoms with Crippen LogP contribution in [0.1, 0.15) is 18.5 Å². The summed E-state index contributed by atoms with van der Waals surface area (Å²) >= 11 is 3.56. The molecule has 1 fully saturated rings. The van der Waals surface area contributed by atoms with Gasteiger partial charge in [0.15, 0.2) is 0 Å². The van der Waals surface area contributed by atoms with E-state index in [0.29, 0.717) is 6.04 Å². The summed E-state index contributed by atoms with van der Waals surface area (Å²) in [5.41, 5.74) is 7.92. The lowest BCUT2D eigenvalue weighted by molar-refractivity contribution is 0.997. The van der Waals surface area contributed by atoms with Crippen molar-refractivity contribution in [1.29, 1.82) is 0 Å². The summed E-state index contributed by atoms with van der Waals surface area (Å²) in [7, 11) is 0. The number of aryl methyl sites for hydroxylation is 1. The number of para-hydroxylation sites is 2. The third-order valence-electron chi connectivity index (χ3n) is 5.93. The second-order valence-electron chi connectivity index (χ2n) is 8.39. The second kappa shape index (κ2) is 8.12. The minimum absolute atomic E-state index is 0.396. The minimum Gasteiger partial charge on any atom is -0.352 e. The Morgan fingerprint density at radius 1 is 0.970 bits per heavy atom. The van der Waals surface area contributed by atoms with E-state index in [9.17, 15) is 0 Å². The van der Waals surface area contributed by atoms with Gasteiger partial charge in [-0.2, -0.15) is 0 Å². The number of fused-ring (bicyclic) bond motifs is 2. The molecule has 1 aromatic heterocycles. The van der Waals surface area contributed by atoms with Crippen molar-refractivity contribution in [2.75, 3.05) is 5.32 Å². The predicted molar refractivity (Wildman–Crippen MR) is 136 cm³/mol. The Morgan fingerprint density at radius 2 is 1.79 bits per heavy atom. The second-order valence-corrected chi connectivity index (χ2v) is 9.31. The normalized spacial score (nSPS) is 14.2. The first-order valence-corrected chi connectivity index (χ1v) is 11.9. The smallest absolute Gasteiger partial charge is 0.0900 e. The molecule has 1 N–H and O–H groups in total. The highest BCUT2D eigenvalue weighted by molar-refractivity contribution is 9.10. The number of halogens is 1. The molecular weight excluding hydrogens is 474 g/mol. The van der Waals surface area contributed by atoms with Gasteiger partial charge in [0.05, 0.1) is 50.9 Å². The maximum atomic E-state index is 5.04. The quantitative estimate of drug-likeness (QED) is 0.293. The first-order valence-electron chi connectivity index (χ1n) is 11.1. The van der Waals surface area contributed by atoms with Gasteiger partial charge in [-0.3, -0.25) is 9.98 Å². The Hall–Kier alpha value is -3.51. The highest BCUT2D eigenvalue weighted by Crippen LogP contribution is 2.31. The minimum atomic E-state index is 0.396. The molecule has 0 unspecified atom stereocenters. The molecule has 0 bridgehead atoms. The van der Waals surface area contributed by atoms with E-state index in [1.54, 1.807) is 0 Å². The lowest BCUT2D eigenvalue weighted by Gasteiger charge is -2.20. The van der Waals surface area contributed by atoms with Crippen LogP contribution < -0.4 is 10.7 Å². The molecule has 0 radical (unpaired) electrons. The van der Waals surface area contributed by atoms with Crippen LogP contribution in [0.5, 0.6) is 0 Å². The molecule has 2 aromatic carbocycles. The van der Waals surface area contributed by atoms with Gasteiger partial charge < -0.3 is 9.88 Å². The average Bonchev–Trinajstić information content (AvgIpc) is 3.64. The molecule has 1 aliphatic heterocycles. The third kappa shape index (κ3) is 3.91. The summed E-state index contributed by atoms with van der Waals surface area (Å²) in [6.45, 7) is 2.01. The van der Waals surface area contributed by atoms with Gasteiger partial charge in [0.25, 0.3) is 0 Å². The summed E-state index contributed by atoms with van der Waals surface area (Å²) in [6, 6.07) is 25.3. The Morgan fingerprint density at radius 3 is 2.58 bits per heavy atom. The van der Waals surface area contributed by atoms with Gasteiger partial charge in [-0.25, -0.2) is 4.98 Å². The van der Waals surface area contributed by atoms with E-state index in [0.717, 1.165) is 67.8 Å². The Bertz CT molecular complexity index is 1520. The fraction of sp³-hybridized carbons (Fsp3) is 0.148. The van der Waals surface area contributed by atoms with Crippen molar-refractivity contribution < 1.29 is 0 Å². The van der Waals surface area contributed by atoms with E-state index in [4.69, 9.17) is 9.98 Å². The molecule has 6 rings (SSSR count). The van der Waals surface area contributed by atoms with Crippen molar-refractivity contribution in [2.24, 2.45) is 4.99 Å². The molecule has 3 aliphatic rings. The van der Waals surface area contributed by atoms with Crippen LogP contribution in [0.15, 0.2) is 88.5 Å². The number of rotatable bonds is 4. The zero-order chi connectivity index (χ0) is 22.4. The van der Waals surface area contributed by atoms with Crippen LogP contribution in [0.2, 0.25) is 0 Å². The summed E-state index contributed by atoms with van der Waals surface area (Å²) in [5.74, 6) is 0. The average molecular weight is 496 g/mol. The molecule has 5 nitrogen and oxygen atoms in total. The molecule has 0 spiro atoms. The molecule has 6 heteroatoms. The summed E-state index contributed by atoms with van der Waals surface area (Å²) in [4.78, 5) is 14.5. The molecule has 0 amide bonds. The zero-order valence-corrected chi connectivity index (χ0v) is 19.7. The molecule has 162 valence electrons. The Balaban J connectivity index is 1.64. The van der Waals surface area contributed by atoms with Crippen LogP contribution in [0.4, 0.5) is 11.4 Å². The van der Waals surface area contributed by atoms with Crippen molar-refractivity contribution in [3.8, 4) is 17.1 Å². The lowest BCUT2D eigenvalue weighted by atomic mass is 10.1. The van der Waals surface area contributed by atoms with Crippen molar-refractivity contribution in [2.45, 2.75) is 25.8 Å². The van der Waals surface area contributed by atoms with Crippen LogP contribution in [0.25, 0.3) is 28.1 Å². The summed E-state index contributed by atoms with van der Waals surface area (Å²) in [6.07, 6.45) is 4.10.